The number of carbonyl (C=O) groups excluding carboxylic acids is 1. The smallest absolute Gasteiger partial charge is 0.264 e. The van der Waals surface area contributed by atoms with E-state index in [0.717, 1.165) is 56.9 Å². The first-order valence-corrected chi connectivity index (χ1v) is 11.3. The van der Waals surface area contributed by atoms with E-state index in [1.807, 2.05) is 26.2 Å². The lowest BCUT2D eigenvalue weighted by Gasteiger charge is -2.33. The average molecular weight is 428 g/mol. The van der Waals surface area contributed by atoms with E-state index in [2.05, 4.69) is 10.2 Å². The van der Waals surface area contributed by atoms with Crippen LogP contribution >= 0.6 is 0 Å². The lowest BCUT2D eigenvalue weighted by molar-refractivity contribution is 0.0879. The Bertz CT molecular complexity index is 1020. The summed E-state index contributed by atoms with van der Waals surface area (Å²) in [5.41, 5.74) is 0.381. The molecule has 4 rings (SSSR count). The first-order chi connectivity index (χ1) is 14.9. The Morgan fingerprint density at radius 3 is 2.68 bits per heavy atom. The monoisotopic (exact) mass is 427 g/mol. The fourth-order valence-electron chi connectivity index (χ4n) is 5.11. The molecule has 0 radical (unpaired) electrons. The maximum Gasteiger partial charge on any atom is 0.264 e. The molecule has 0 bridgehead atoms. The molecule has 168 valence electrons. The van der Waals surface area contributed by atoms with Crippen LogP contribution in [0.5, 0.6) is 11.5 Å². The number of carbonyl (C=O) groups is 1. The molecule has 1 N–H and O–H groups in total. The van der Waals surface area contributed by atoms with Crippen molar-refractivity contribution in [1.82, 2.24) is 14.8 Å². The molecule has 1 aromatic carbocycles. The van der Waals surface area contributed by atoms with Crippen LogP contribution in [0.3, 0.4) is 0 Å². The van der Waals surface area contributed by atoms with Crippen LogP contribution in [0.2, 0.25) is 0 Å². The zero-order valence-corrected chi connectivity index (χ0v) is 18.8. The van der Waals surface area contributed by atoms with Gasteiger partial charge in [-0.15, -0.1) is 0 Å². The number of aryl methyl sites for hydroxylation is 1. The highest BCUT2D eigenvalue weighted by molar-refractivity contribution is 5.99. The standard InChI is InChI=1S/C24H33N3O4/c1-26(2)16-24(11-5-6-12-24)25-22(28)18-15-17-9-10-19(30-3)21-20(17)27(23(18)29)13-7-4-8-14-31-21/h9-10,15H,4-8,11-14,16H2,1-3H3,(H,25,28). The Labute approximate surface area is 183 Å². The number of hydrogen-bond donors (Lipinski definition) is 1. The minimum Gasteiger partial charge on any atom is -0.493 e. The number of hydrogen-bond acceptors (Lipinski definition) is 5. The van der Waals surface area contributed by atoms with E-state index >= 15 is 0 Å². The van der Waals surface area contributed by atoms with Crippen LogP contribution in [0.15, 0.2) is 23.0 Å². The SMILES string of the molecule is COc1ccc2cc(C(=O)NC3(CN(C)C)CCCC3)c(=O)n3c2c1OCCCCC3. The van der Waals surface area contributed by atoms with Gasteiger partial charge in [0.25, 0.3) is 11.5 Å². The third-order valence-corrected chi connectivity index (χ3v) is 6.47. The summed E-state index contributed by atoms with van der Waals surface area (Å²) in [7, 11) is 5.64. The molecule has 1 amide bonds. The van der Waals surface area contributed by atoms with Gasteiger partial charge in [0.15, 0.2) is 11.5 Å². The van der Waals surface area contributed by atoms with Crippen molar-refractivity contribution in [2.75, 3.05) is 34.4 Å². The van der Waals surface area contributed by atoms with Crippen LogP contribution in [0.4, 0.5) is 0 Å². The Morgan fingerprint density at radius 2 is 1.97 bits per heavy atom. The Hall–Kier alpha value is -2.54. The van der Waals surface area contributed by atoms with Crippen molar-refractivity contribution in [2.24, 2.45) is 0 Å². The van der Waals surface area contributed by atoms with Crippen molar-refractivity contribution in [3.63, 3.8) is 0 Å². The second-order valence-electron chi connectivity index (χ2n) is 9.14. The molecule has 0 unspecified atom stereocenters. The van der Waals surface area contributed by atoms with Crippen molar-refractivity contribution in [3.05, 3.63) is 34.1 Å². The fourth-order valence-corrected chi connectivity index (χ4v) is 5.11. The topological polar surface area (TPSA) is 72.8 Å². The maximum absolute atomic E-state index is 13.5. The third-order valence-electron chi connectivity index (χ3n) is 6.47. The van der Waals surface area contributed by atoms with Crippen molar-refractivity contribution < 1.29 is 14.3 Å². The van der Waals surface area contributed by atoms with Gasteiger partial charge in [-0.25, -0.2) is 0 Å². The summed E-state index contributed by atoms with van der Waals surface area (Å²) in [5.74, 6) is 0.916. The van der Waals surface area contributed by atoms with Crippen LogP contribution in [0.25, 0.3) is 10.9 Å². The molecule has 0 spiro atoms. The van der Waals surface area contributed by atoms with E-state index in [4.69, 9.17) is 9.47 Å². The van der Waals surface area contributed by atoms with Gasteiger partial charge in [-0.05, 0) is 64.4 Å². The van der Waals surface area contributed by atoms with Gasteiger partial charge in [-0.1, -0.05) is 12.8 Å². The van der Waals surface area contributed by atoms with Gasteiger partial charge in [-0.2, -0.15) is 0 Å². The predicted molar refractivity (Wildman–Crippen MR) is 121 cm³/mol. The van der Waals surface area contributed by atoms with E-state index in [1.54, 1.807) is 17.7 Å². The van der Waals surface area contributed by atoms with E-state index in [0.29, 0.717) is 30.2 Å². The zero-order chi connectivity index (χ0) is 22.0. The molecular weight excluding hydrogens is 394 g/mol. The highest BCUT2D eigenvalue weighted by atomic mass is 16.5. The number of ether oxygens (including phenoxy) is 2. The van der Waals surface area contributed by atoms with Crippen LogP contribution in [0, 0.1) is 0 Å². The molecule has 2 heterocycles. The number of amides is 1. The molecule has 1 fully saturated rings. The van der Waals surface area contributed by atoms with E-state index < -0.39 is 0 Å². The largest absolute Gasteiger partial charge is 0.493 e. The number of pyridine rings is 1. The van der Waals surface area contributed by atoms with Crippen LogP contribution in [-0.2, 0) is 6.54 Å². The van der Waals surface area contributed by atoms with Gasteiger partial charge in [0.1, 0.15) is 5.56 Å². The zero-order valence-electron chi connectivity index (χ0n) is 18.8. The lowest BCUT2D eigenvalue weighted by atomic mass is 9.96. The lowest BCUT2D eigenvalue weighted by Crippen LogP contribution is -2.53. The molecular formula is C24H33N3O4. The first-order valence-electron chi connectivity index (χ1n) is 11.3. The van der Waals surface area contributed by atoms with Crippen molar-refractivity contribution in [2.45, 2.75) is 57.0 Å². The molecule has 1 saturated carbocycles. The quantitative estimate of drug-likeness (QED) is 0.794. The summed E-state index contributed by atoms with van der Waals surface area (Å²) in [6, 6.07) is 5.46. The Kier molecular flexibility index (Phi) is 6.23. The molecule has 31 heavy (non-hydrogen) atoms. The molecule has 0 saturated heterocycles. The number of nitrogens with one attached hydrogen (secondary N) is 1. The average Bonchev–Trinajstić information content (AvgIpc) is 3.21. The van der Waals surface area contributed by atoms with Gasteiger partial charge in [-0.3, -0.25) is 9.59 Å². The van der Waals surface area contributed by atoms with E-state index in [9.17, 15) is 9.59 Å². The molecule has 2 aromatic rings. The number of aromatic nitrogens is 1. The number of nitrogens with zero attached hydrogens (tertiary/aromatic N) is 2. The van der Waals surface area contributed by atoms with Crippen molar-refractivity contribution in [3.8, 4) is 11.5 Å². The number of rotatable bonds is 5. The summed E-state index contributed by atoms with van der Waals surface area (Å²) >= 11 is 0. The maximum atomic E-state index is 13.5. The molecule has 2 aliphatic rings. The minimum absolute atomic E-state index is 0.202. The van der Waals surface area contributed by atoms with Gasteiger partial charge in [0.2, 0.25) is 0 Å². The van der Waals surface area contributed by atoms with Gasteiger partial charge in [0.05, 0.1) is 24.8 Å². The molecule has 0 atom stereocenters. The second-order valence-corrected chi connectivity index (χ2v) is 9.14. The van der Waals surface area contributed by atoms with Crippen molar-refractivity contribution >= 4 is 16.8 Å². The number of benzene rings is 1. The molecule has 1 aliphatic heterocycles. The highest BCUT2D eigenvalue weighted by Crippen LogP contribution is 2.36. The molecule has 1 aliphatic carbocycles. The predicted octanol–water partition coefficient (Wildman–Crippen LogP) is 3.18. The summed E-state index contributed by atoms with van der Waals surface area (Å²) < 4.78 is 13.2. The molecule has 7 heteroatoms. The number of methoxy groups -OCH3 is 1. The van der Waals surface area contributed by atoms with Crippen LogP contribution in [-0.4, -0.2) is 55.3 Å². The first kappa shape index (κ1) is 21.7. The fraction of sp³-hybridized carbons (Fsp3) is 0.583. The molecule has 1 aromatic heterocycles. The summed E-state index contributed by atoms with van der Waals surface area (Å²) in [5, 5.41) is 4.06. The van der Waals surface area contributed by atoms with E-state index in [-0.39, 0.29) is 22.6 Å². The summed E-state index contributed by atoms with van der Waals surface area (Å²) in [6.45, 7) is 1.91. The summed E-state index contributed by atoms with van der Waals surface area (Å²) in [4.78, 5) is 29.0. The van der Waals surface area contributed by atoms with Crippen LogP contribution < -0.4 is 20.3 Å². The minimum atomic E-state index is -0.280. The van der Waals surface area contributed by atoms with Crippen LogP contribution in [0.1, 0.15) is 55.3 Å². The number of likely N-dealkylation sites (N-methyl/N-ethyl adjacent to an activating group) is 1. The highest BCUT2D eigenvalue weighted by Gasteiger charge is 2.36. The normalized spacial score (nSPS) is 18.2. The van der Waals surface area contributed by atoms with Gasteiger partial charge < -0.3 is 24.3 Å². The van der Waals surface area contributed by atoms with Gasteiger partial charge >= 0.3 is 0 Å². The van der Waals surface area contributed by atoms with Crippen molar-refractivity contribution in [1.29, 1.82) is 0 Å². The Morgan fingerprint density at radius 1 is 1.19 bits per heavy atom. The van der Waals surface area contributed by atoms with E-state index in [1.165, 1.54) is 0 Å². The second kappa shape index (κ2) is 8.91. The van der Waals surface area contributed by atoms with Gasteiger partial charge in [0, 0.05) is 18.5 Å². The molecule has 7 nitrogen and oxygen atoms in total. The Balaban J connectivity index is 1.80. The third kappa shape index (κ3) is 4.28. The summed E-state index contributed by atoms with van der Waals surface area (Å²) in [6.07, 6.45) is 6.81.